The first-order valence-corrected chi connectivity index (χ1v) is 21.9. The van der Waals surface area contributed by atoms with Gasteiger partial charge >= 0.3 is 6.18 Å². The Morgan fingerprint density at radius 2 is 1.65 bits per heavy atom. The van der Waals surface area contributed by atoms with Crippen molar-refractivity contribution in [1.29, 1.82) is 0 Å². The van der Waals surface area contributed by atoms with Gasteiger partial charge in [-0.05, 0) is 66.9 Å². The van der Waals surface area contributed by atoms with Gasteiger partial charge in [-0.3, -0.25) is 53.9 Å². The highest BCUT2D eigenvalue weighted by Gasteiger charge is 2.46. The number of rotatable bonds is 15. The summed E-state index contributed by atoms with van der Waals surface area (Å²) in [5, 5.41) is 15.0. The number of H-pyrrole nitrogens is 1. The lowest BCUT2D eigenvalue weighted by Crippen LogP contribution is -2.54. The fraction of sp³-hybridized carbons (Fsp3) is 0.333. The Balaban J connectivity index is 0.734. The summed E-state index contributed by atoms with van der Waals surface area (Å²) in [5.41, 5.74) is 2.42. The molecule has 352 valence electrons. The number of fused-ring (bicyclic) bond motifs is 2. The molecule has 68 heavy (non-hydrogen) atoms. The number of halogens is 3. The molecular formula is C48H46F3N9O8. The summed E-state index contributed by atoms with van der Waals surface area (Å²) < 4.78 is 54.4. The Labute approximate surface area is 387 Å². The monoisotopic (exact) mass is 933 g/mol. The van der Waals surface area contributed by atoms with Gasteiger partial charge in [0.25, 0.3) is 17.7 Å². The minimum absolute atomic E-state index is 0.0114. The molecule has 0 aliphatic carbocycles. The average Bonchev–Trinajstić information content (AvgIpc) is 3.89. The van der Waals surface area contributed by atoms with Gasteiger partial charge in [0.2, 0.25) is 17.7 Å². The molecule has 3 aromatic carbocycles. The van der Waals surface area contributed by atoms with Crippen molar-refractivity contribution in [2.45, 2.75) is 44.9 Å². The zero-order valence-electron chi connectivity index (χ0n) is 36.8. The average molecular weight is 934 g/mol. The zero-order chi connectivity index (χ0) is 48.0. The van der Waals surface area contributed by atoms with Crippen LogP contribution < -0.4 is 16.0 Å². The van der Waals surface area contributed by atoms with Crippen LogP contribution in [0.2, 0.25) is 0 Å². The van der Waals surface area contributed by atoms with Crippen molar-refractivity contribution in [3.63, 3.8) is 0 Å². The molecule has 6 amide bonds. The normalized spacial score (nSPS) is 16.6. The van der Waals surface area contributed by atoms with Crippen LogP contribution in [0.15, 0.2) is 73.1 Å². The number of carbonyl (C=O) groups is 6. The quantitative estimate of drug-likeness (QED) is 0.0650. The standard InChI is InChI=1S/C48H46F3N9O8/c1-29-5-7-32(24-31(29)8-6-30-23-34-27-53-57-43(34)52-26-30)44(63)54-35-10-9-33(37(25-35)48(49,50)51)28-59-16-14-58(15-17-59)18-20-68-22-21-67-19-13-41(62)55-38-4-2-3-36-42(38)47(66)60(46(36)65)39-11-12-40(61)56-45(39)64/h2-5,7,9-10,23-27,39H,11-22,28H2,1H3,(H,54,63)(H,55,62)(H,52,53,57)(H,56,61,64). The maximum atomic E-state index is 14.4. The Bertz CT molecular complexity index is 2850. The van der Waals surface area contributed by atoms with Gasteiger partial charge in [0.15, 0.2) is 5.65 Å². The van der Waals surface area contributed by atoms with Crippen molar-refractivity contribution in [1.82, 2.24) is 35.2 Å². The molecule has 8 rings (SSSR count). The van der Waals surface area contributed by atoms with Crippen LogP contribution in [0.3, 0.4) is 0 Å². The van der Waals surface area contributed by atoms with E-state index in [0.717, 1.165) is 21.9 Å². The highest BCUT2D eigenvalue weighted by Crippen LogP contribution is 2.35. The number of carbonyl (C=O) groups excluding carboxylic acids is 6. The van der Waals surface area contributed by atoms with Gasteiger partial charge in [-0.1, -0.05) is 30.0 Å². The number of anilines is 2. The van der Waals surface area contributed by atoms with Crippen LogP contribution >= 0.6 is 0 Å². The predicted molar refractivity (Wildman–Crippen MR) is 240 cm³/mol. The Morgan fingerprint density at radius 3 is 2.43 bits per heavy atom. The smallest absolute Gasteiger partial charge is 0.379 e. The van der Waals surface area contributed by atoms with Crippen LogP contribution in [0.1, 0.15) is 78.2 Å². The number of amides is 6. The Kier molecular flexibility index (Phi) is 14.4. The van der Waals surface area contributed by atoms with Gasteiger partial charge in [-0.2, -0.15) is 18.3 Å². The number of hydrogen-bond acceptors (Lipinski definition) is 12. The zero-order valence-corrected chi connectivity index (χ0v) is 36.8. The largest absolute Gasteiger partial charge is 0.416 e. The predicted octanol–water partition coefficient (Wildman–Crippen LogP) is 4.52. The SMILES string of the molecule is Cc1ccc(C(=O)Nc2ccc(CN3CCN(CCOCCOCCC(=O)Nc4cccc5c4C(=O)N(C4CCC(=O)NC4=O)C5=O)CC3)c(C(F)(F)F)c2)cc1C#Cc1cnc2[nH]ncc2c1. The third-order valence-electron chi connectivity index (χ3n) is 11.8. The van der Waals surface area contributed by atoms with E-state index in [1.165, 1.54) is 30.3 Å². The highest BCUT2D eigenvalue weighted by atomic mass is 19.4. The van der Waals surface area contributed by atoms with E-state index in [1.807, 2.05) is 17.9 Å². The van der Waals surface area contributed by atoms with Gasteiger partial charge in [0.1, 0.15) is 6.04 Å². The van der Waals surface area contributed by atoms with Crippen LogP contribution in [0, 0.1) is 18.8 Å². The number of nitrogens with one attached hydrogen (secondary N) is 4. The number of piperazine rings is 1. The molecule has 3 aliphatic rings. The Hall–Kier alpha value is -7.31. The first-order chi connectivity index (χ1) is 32.7. The van der Waals surface area contributed by atoms with E-state index in [-0.39, 0.29) is 79.3 Å². The Morgan fingerprint density at radius 1 is 0.868 bits per heavy atom. The number of aryl methyl sites for hydroxylation is 1. The van der Waals surface area contributed by atoms with Crippen LogP contribution in [0.4, 0.5) is 24.5 Å². The van der Waals surface area contributed by atoms with Gasteiger partial charge < -0.3 is 20.1 Å². The number of alkyl halides is 3. The summed E-state index contributed by atoms with van der Waals surface area (Å²) in [6, 6.07) is 13.9. The molecule has 5 aromatic rings. The van der Waals surface area contributed by atoms with Crippen LogP contribution in [0.5, 0.6) is 0 Å². The number of nitrogens with zero attached hydrogens (tertiary/aromatic N) is 5. The van der Waals surface area contributed by atoms with E-state index < -0.39 is 53.2 Å². The lowest BCUT2D eigenvalue weighted by Gasteiger charge is -2.35. The van der Waals surface area contributed by atoms with E-state index in [2.05, 4.69) is 47.9 Å². The minimum atomic E-state index is -4.65. The number of benzene rings is 3. The molecule has 1 unspecified atom stereocenters. The highest BCUT2D eigenvalue weighted by molar-refractivity contribution is 6.26. The van der Waals surface area contributed by atoms with E-state index >= 15 is 0 Å². The van der Waals surface area contributed by atoms with E-state index in [9.17, 15) is 41.9 Å². The lowest BCUT2D eigenvalue weighted by molar-refractivity contribution is -0.138. The summed E-state index contributed by atoms with van der Waals surface area (Å²) in [6.45, 7) is 5.82. The van der Waals surface area contributed by atoms with Crippen molar-refractivity contribution < 1.29 is 51.4 Å². The summed E-state index contributed by atoms with van der Waals surface area (Å²) in [4.78, 5) is 85.5. The first kappa shape index (κ1) is 47.2. The molecule has 2 fully saturated rings. The minimum Gasteiger partial charge on any atom is -0.379 e. The first-order valence-electron chi connectivity index (χ1n) is 21.9. The molecule has 4 N–H and O–H groups in total. The third kappa shape index (κ3) is 11.1. The maximum absolute atomic E-state index is 14.4. The van der Waals surface area contributed by atoms with Gasteiger partial charge in [0, 0.05) is 79.7 Å². The number of imide groups is 2. The van der Waals surface area contributed by atoms with Gasteiger partial charge in [0.05, 0.1) is 61.4 Å². The molecule has 0 saturated carbocycles. The molecular weight excluding hydrogens is 888 g/mol. The molecule has 5 heterocycles. The second kappa shape index (κ2) is 20.7. The van der Waals surface area contributed by atoms with Crippen molar-refractivity contribution in [2.75, 3.05) is 69.8 Å². The molecule has 2 aromatic heterocycles. The summed E-state index contributed by atoms with van der Waals surface area (Å²) in [5.74, 6) is 2.47. The van der Waals surface area contributed by atoms with Crippen LogP contribution in [-0.2, 0) is 36.6 Å². The maximum Gasteiger partial charge on any atom is 0.416 e. The number of piperidine rings is 1. The molecule has 3 aliphatic heterocycles. The van der Waals surface area contributed by atoms with Crippen molar-refractivity contribution >= 4 is 57.9 Å². The second-order valence-corrected chi connectivity index (χ2v) is 16.5. The van der Waals surface area contributed by atoms with Gasteiger partial charge in [-0.25, -0.2) is 4.98 Å². The van der Waals surface area contributed by atoms with Crippen LogP contribution in [0.25, 0.3) is 11.0 Å². The van der Waals surface area contributed by atoms with Crippen molar-refractivity contribution in [2.24, 2.45) is 0 Å². The molecule has 20 heteroatoms. The van der Waals surface area contributed by atoms with Crippen LogP contribution in [-0.4, -0.2) is 131 Å². The summed E-state index contributed by atoms with van der Waals surface area (Å²) in [6.07, 6.45) is -1.44. The third-order valence-corrected chi connectivity index (χ3v) is 11.8. The molecule has 17 nitrogen and oxygen atoms in total. The van der Waals surface area contributed by atoms with Gasteiger partial charge in [-0.15, -0.1) is 0 Å². The van der Waals surface area contributed by atoms with Crippen molar-refractivity contribution in [3.8, 4) is 11.8 Å². The number of aromatic nitrogens is 3. The molecule has 1 atom stereocenters. The number of ether oxygens (including phenoxy) is 2. The molecule has 0 radical (unpaired) electrons. The van der Waals surface area contributed by atoms with Crippen molar-refractivity contribution in [3.05, 3.63) is 118 Å². The number of hydrogen-bond donors (Lipinski definition) is 4. The topological polar surface area (TPSA) is 208 Å². The molecule has 2 saturated heterocycles. The number of pyridine rings is 1. The van der Waals surface area contributed by atoms with E-state index in [0.29, 0.717) is 56.1 Å². The molecule has 0 bridgehead atoms. The van der Waals surface area contributed by atoms with E-state index in [1.54, 1.807) is 30.6 Å². The fourth-order valence-corrected chi connectivity index (χ4v) is 8.13. The molecule has 0 spiro atoms. The second-order valence-electron chi connectivity index (χ2n) is 16.5. The fourth-order valence-electron chi connectivity index (χ4n) is 8.13. The summed E-state index contributed by atoms with van der Waals surface area (Å²) >= 11 is 0. The number of aromatic amines is 1. The summed E-state index contributed by atoms with van der Waals surface area (Å²) in [7, 11) is 0. The lowest BCUT2D eigenvalue weighted by atomic mass is 10.0. The van der Waals surface area contributed by atoms with E-state index in [4.69, 9.17) is 9.47 Å².